The van der Waals surface area contributed by atoms with Gasteiger partial charge in [-0.05, 0) is 40.1 Å². The molecule has 2 heterocycles. The van der Waals surface area contributed by atoms with E-state index in [9.17, 15) is 14.4 Å². The quantitative estimate of drug-likeness (QED) is 0.252. The van der Waals surface area contributed by atoms with E-state index in [0.29, 0.717) is 9.90 Å². The molecule has 1 aliphatic heterocycles. The van der Waals surface area contributed by atoms with E-state index in [2.05, 4.69) is 11.9 Å². The van der Waals surface area contributed by atoms with Crippen molar-refractivity contribution in [1.82, 2.24) is 10.2 Å². The van der Waals surface area contributed by atoms with Crippen LogP contribution in [0.3, 0.4) is 0 Å². The predicted molar refractivity (Wildman–Crippen MR) is 153 cm³/mol. The van der Waals surface area contributed by atoms with Gasteiger partial charge in [0.05, 0.1) is 16.8 Å². The van der Waals surface area contributed by atoms with Crippen molar-refractivity contribution < 1.29 is 14.4 Å². The average Bonchev–Trinajstić information content (AvgIpc) is 3.54. The first-order chi connectivity index (χ1) is 18.1. The number of carbonyl (C=O) groups is 3. The van der Waals surface area contributed by atoms with E-state index < -0.39 is 23.9 Å². The Balaban J connectivity index is 1.98. The summed E-state index contributed by atoms with van der Waals surface area (Å²) in [6.45, 7) is 9.97. The zero-order valence-corrected chi connectivity index (χ0v) is 23.5. The average molecular weight is 549 g/mol. The van der Waals surface area contributed by atoms with Crippen molar-refractivity contribution in [3.63, 3.8) is 0 Å². The standard InChI is InChI=1S/C31H33ClN2O3S/c1-5-17-33-30(37)28-25(20-13-15-22(32)16-14-20)26(29(36)23-12-9-18-38-23)27(21-10-7-6-8-11-21)34(28)24(35)19-31(2,3)4/h5-16,18,25-28H,1,17,19H2,2-4H3,(H,33,37). The predicted octanol–water partition coefficient (Wildman–Crippen LogP) is 6.67. The van der Waals surface area contributed by atoms with Gasteiger partial charge in [0.1, 0.15) is 6.04 Å². The maximum atomic E-state index is 14.3. The minimum atomic E-state index is -0.898. The van der Waals surface area contributed by atoms with E-state index in [0.717, 1.165) is 11.1 Å². The van der Waals surface area contributed by atoms with Crippen molar-refractivity contribution >= 4 is 40.5 Å². The Morgan fingerprint density at radius 2 is 1.68 bits per heavy atom. The van der Waals surface area contributed by atoms with Crippen LogP contribution in [0.5, 0.6) is 0 Å². The summed E-state index contributed by atoms with van der Waals surface area (Å²) in [7, 11) is 0. The normalized spacial score (nSPS) is 21.2. The molecule has 2 amide bonds. The third-order valence-electron chi connectivity index (χ3n) is 6.79. The number of hydrogen-bond donors (Lipinski definition) is 1. The Hall–Kier alpha value is -3.22. The van der Waals surface area contributed by atoms with Gasteiger partial charge >= 0.3 is 0 Å². The van der Waals surface area contributed by atoms with Gasteiger partial charge in [0, 0.05) is 23.9 Å². The lowest BCUT2D eigenvalue weighted by Crippen LogP contribution is -2.49. The number of ketones is 1. The minimum Gasteiger partial charge on any atom is -0.351 e. The third-order valence-corrected chi connectivity index (χ3v) is 7.92. The van der Waals surface area contributed by atoms with E-state index in [1.165, 1.54) is 11.3 Å². The fourth-order valence-corrected chi connectivity index (χ4v) is 6.16. The number of rotatable bonds is 8. The smallest absolute Gasteiger partial charge is 0.243 e. The van der Waals surface area contributed by atoms with Crippen LogP contribution in [0.4, 0.5) is 0 Å². The van der Waals surface area contributed by atoms with Crippen molar-refractivity contribution in [2.24, 2.45) is 11.3 Å². The van der Waals surface area contributed by atoms with Crippen molar-refractivity contribution in [1.29, 1.82) is 0 Å². The first kappa shape index (κ1) is 27.8. The molecule has 1 fully saturated rings. The van der Waals surface area contributed by atoms with Gasteiger partial charge in [-0.25, -0.2) is 0 Å². The molecule has 0 bridgehead atoms. The molecule has 1 N–H and O–H groups in total. The Morgan fingerprint density at radius 1 is 1.00 bits per heavy atom. The first-order valence-electron chi connectivity index (χ1n) is 12.7. The zero-order valence-electron chi connectivity index (χ0n) is 21.9. The minimum absolute atomic E-state index is 0.0821. The molecule has 7 heteroatoms. The molecule has 198 valence electrons. The van der Waals surface area contributed by atoms with Crippen LogP contribution in [0.15, 0.2) is 84.8 Å². The fraction of sp³-hybridized carbons (Fsp3) is 0.323. The number of amides is 2. The third kappa shape index (κ3) is 5.92. The molecule has 3 aromatic rings. The first-order valence-corrected chi connectivity index (χ1v) is 14.0. The van der Waals surface area contributed by atoms with Crippen LogP contribution in [0.1, 0.15) is 60.0 Å². The van der Waals surface area contributed by atoms with Crippen LogP contribution in [0.2, 0.25) is 5.02 Å². The van der Waals surface area contributed by atoms with Crippen LogP contribution in [0.25, 0.3) is 0 Å². The van der Waals surface area contributed by atoms with Crippen molar-refractivity contribution in [2.45, 2.75) is 45.2 Å². The summed E-state index contributed by atoms with van der Waals surface area (Å²) >= 11 is 7.59. The Bertz CT molecular complexity index is 1280. The van der Waals surface area contributed by atoms with Gasteiger partial charge in [-0.2, -0.15) is 0 Å². The maximum absolute atomic E-state index is 14.3. The highest BCUT2D eigenvalue weighted by Gasteiger charge is 2.57. The van der Waals surface area contributed by atoms with E-state index in [1.807, 2.05) is 74.7 Å². The molecule has 4 unspecified atom stereocenters. The molecule has 4 rings (SSSR count). The monoisotopic (exact) mass is 548 g/mol. The molecule has 1 aliphatic rings. The van der Waals surface area contributed by atoms with Gasteiger partial charge in [-0.1, -0.05) is 87.0 Å². The van der Waals surface area contributed by atoms with Gasteiger partial charge in [-0.15, -0.1) is 17.9 Å². The van der Waals surface area contributed by atoms with E-state index >= 15 is 0 Å². The second kappa shape index (κ2) is 11.7. The largest absolute Gasteiger partial charge is 0.351 e. The molecule has 4 atom stereocenters. The molecule has 1 saturated heterocycles. The topological polar surface area (TPSA) is 66.5 Å². The van der Waals surface area contributed by atoms with Crippen molar-refractivity contribution in [2.75, 3.05) is 6.54 Å². The van der Waals surface area contributed by atoms with Crippen LogP contribution < -0.4 is 5.32 Å². The lowest BCUT2D eigenvalue weighted by Gasteiger charge is -2.33. The Labute approximate surface area is 233 Å². The van der Waals surface area contributed by atoms with Gasteiger partial charge in [0.2, 0.25) is 11.8 Å². The highest BCUT2D eigenvalue weighted by molar-refractivity contribution is 7.12. The Kier molecular flexibility index (Phi) is 8.54. The fourth-order valence-electron chi connectivity index (χ4n) is 5.32. The summed E-state index contributed by atoms with van der Waals surface area (Å²) in [6.07, 6.45) is 1.84. The van der Waals surface area contributed by atoms with Gasteiger partial charge in [0.25, 0.3) is 0 Å². The summed E-state index contributed by atoms with van der Waals surface area (Å²) in [5.74, 6) is -1.82. The van der Waals surface area contributed by atoms with Gasteiger partial charge in [0.15, 0.2) is 5.78 Å². The van der Waals surface area contributed by atoms with Crippen LogP contribution in [-0.4, -0.2) is 35.1 Å². The summed E-state index contributed by atoms with van der Waals surface area (Å²) in [5.41, 5.74) is 1.30. The molecule has 2 aromatic carbocycles. The molecule has 38 heavy (non-hydrogen) atoms. The molecule has 0 saturated carbocycles. The molecular weight excluding hydrogens is 516 g/mol. The highest BCUT2D eigenvalue weighted by atomic mass is 35.5. The second-order valence-corrected chi connectivity index (χ2v) is 12.2. The second-order valence-electron chi connectivity index (χ2n) is 10.8. The van der Waals surface area contributed by atoms with Crippen LogP contribution >= 0.6 is 22.9 Å². The number of nitrogens with zero attached hydrogens (tertiary/aromatic N) is 1. The molecule has 0 aliphatic carbocycles. The maximum Gasteiger partial charge on any atom is 0.243 e. The molecular formula is C31H33ClN2O3S. The highest BCUT2D eigenvalue weighted by Crippen LogP contribution is 2.52. The summed E-state index contributed by atoms with van der Waals surface area (Å²) in [6, 6.07) is 18.9. The number of benzene rings is 2. The van der Waals surface area contributed by atoms with Crippen LogP contribution in [0, 0.1) is 11.3 Å². The summed E-state index contributed by atoms with van der Waals surface area (Å²) in [5, 5.41) is 5.34. The van der Waals surface area contributed by atoms with Crippen molar-refractivity contribution in [3.8, 4) is 0 Å². The number of nitrogens with one attached hydrogen (secondary N) is 1. The number of carbonyl (C=O) groups excluding carboxylic acids is 3. The zero-order chi connectivity index (χ0) is 27.4. The molecule has 5 nitrogen and oxygen atoms in total. The van der Waals surface area contributed by atoms with E-state index in [1.54, 1.807) is 29.2 Å². The lowest BCUT2D eigenvalue weighted by molar-refractivity contribution is -0.142. The number of halogens is 1. The van der Waals surface area contributed by atoms with E-state index in [4.69, 9.17) is 11.6 Å². The number of Topliss-reactive ketones (excluding diaryl/α,β-unsaturated/α-hetero) is 1. The molecule has 0 spiro atoms. The molecule has 1 aromatic heterocycles. The number of hydrogen-bond acceptors (Lipinski definition) is 4. The number of likely N-dealkylation sites (tertiary alicyclic amines) is 1. The lowest BCUT2D eigenvalue weighted by atomic mass is 9.77. The van der Waals surface area contributed by atoms with E-state index in [-0.39, 0.29) is 36.0 Å². The SMILES string of the molecule is C=CCNC(=O)C1C(c2ccc(Cl)cc2)C(C(=O)c2cccs2)C(c2ccccc2)N1C(=O)CC(C)(C)C. The van der Waals surface area contributed by atoms with Crippen LogP contribution in [-0.2, 0) is 9.59 Å². The van der Waals surface area contributed by atoms with Gasteiger partial charge in [-0.3, -0.25) is 14.4 Å². The Morgan fingerprint density at radius 3 is 2.26 bits per heavy atom. The van der Waals surface area contributed by atoms with Crippen molar-refractivity contribution in [3.05, 3.63) is 106 Å². The summed E-state index contributed by atoms with van der Waals surface area (Å²) < 4.78 is 0. The molecule has 0 radical (unpaired) electrons. The summed E-state index contributed by atoms with van der Waals surface area (Å²) in [4.78, 5) is 44.5. The van der Waals surface area contributed by atoms with Gasteiger partial charge < -0.3 is 10.2 Å². The number of thiophene rings is 1.